The van der Waals surface area contributed by atoms with Gasteiger partial charge in [-0.15, -0.1) is 0 Å². The van der Waals surface area contributed by atoms with Crippen LogP contribution in [0, 0.1) is 0 Å². The molecule has 0 aliphatic rings. The minimum atomic E-state index is -0.821. The molecule has 0 aliphatic carbocycles. The maximum Gasteiger partial charge on any atom is 0.128 e. The molecule has 3 unspecified atom stereocenters. The molecule has 0 aliphatic heterocycles. The van der Waals surface area contributed by atoms with Crippen LogP contribution in [0.4, 0.5) is 0 Å². The molecule has 0 saturated heterocycles. The van der Waals surface area contributed by atoms with Crippen molar-refractivity contribution in [3.05, 3.63) is 42.0 Å². The Balaban J connectivity index is 2.24. The van der Waals surface area contributed by atoms with Crippen LogP contribution in [-0.4, -0.2) is 27.4 Å². The Bertz CT molecular complexity index is 627. The average Bonchev–Trinajstić information content (AvgIpc) is 2.38. The second kappa shape index (κ2) is 6.37. The van der Waals surface area contributed by atoms with Gasteiger partial charge in [0.25, 0.3) is 0 Å². The van der Waals surface area contributed by atoms with Crippen LogP contribution in [0.15, 0.2) is 36.4 Å². The monoisotopic (exact) mass is 291 g/mol. The summed E-state index contributed by atoms with van der Waals surface area (Å²) in [5.41, 5.74) is 0.873. The van der Waals surface area contributed by atoms with Crippen molar-refractivity contribution in [2.24, 2.45) is 0 Å². The van der Waals surface area contributed by atoms with E-state index in [2.05, 4.69) is 5.32 Å². The molecule has 0 spiro atoms. The number of nitrogens with one attached hydrogen (secondary N) is 1. The van der Waals surface area contributed by atoms with Crippen LogP contribution in [0.1, 0.15) is 25.5 Å². The molecule has 0 amide bonds. The molecule has 2 N–H and O–H groups in total. The van der Waals surface area contributed by atoms with Gasteiger partial charge < -0.3 is 10.4 Å². The minimum Gasteiger partial charge on any atom is -0.507 e. The lowest BCUT2D eigenvalue weighted by Gasteiger charge is -2.21. The zero-order valence-electron chi connectivity index (χ0n) is 12.1. The van der Waals surface area contributed by atoms with Crippen molar-refractivity contribution in [2.45, 2.75) is 25.9 Å². The number of rotatable bonds is 5. The van der Waals surface area contributed by atoms with Gasteiger partial charge >= 0.3 is 0 Å². The highest BCUT2D eigenvalue weighted by atomic mass is 32.2. The summed E-state index contributed by atoms with van der Waals surface area (Å²) < 4.78 is 11.2. The smallest absolute Gasteiger partial charge is 0.128 e. The largest absolute Gasteiger partial charge is 0.507 e. The molecule has 2 aromatic carbocycles. The van der Waals surface area contributed by atoms with Gasteiger partial charge in [0.15, 0.2) is 0 Å². The quantitative estimate of drug-likeness (QED) is 0.890. The topological polar surface area (TPSA) is 49.3 Å². The van der Waals surface area contributed by atoms with Gasteiger partial charge in [-0.2, -0.15) is 0 Å². The molecule has 2 aromatic rings. The molecular weight excluding hydrogens is 270 g/mol. The Morgan fingerprint density at radius 3 is 2.60 bits per heavy atom. The Labute approximate surface area is 122 Å². The van der Waals surface area contributed by atoms with E-state index in [4.69, 9.17) is 0 Å². The number of aromatic hydroxyl groups is 1. The minimum absolute atomic E-state index is 0.0122. The Morgan fingerprint density at radius 1 is 1.20 bits per heavy atom. The highest BCUT2D eigenvalue weighted by molar-refractivity contribution is 7.84. The summed E-state index contributed by atoms with van der Waals surface area (Å²) in [6.07, 6.45) is 1.70. The van der Waals surface area contributed by atoms with E-state index in [-0.39, 0.29) is 12.1 Å². The average molecular weight is 291 g/mol. The normalized spacial score (nSPS) is 15.9. The van der Waals surface area contributed by atoms with Crippen molar-refractivity contribution in [3.63, 3.8) is 0 Å². The molecule has 0 saturated carbocycles. The van der Waals surface area contributed by atoms with E-state index < -0.39 is 10.8 Å². The fraction of sp³-hybridized carbons (Fsp3) is 0.375. The molecule has 3 nitrogen and oxygen atoms in total. The molecule has 20 heavy (non-hydrogen) atoms. The Hall–Kier alpha value is -1.39. The zero-order valence-corrected chi connectivity index (χ0v) is 12.9. The molecule has 0 fully saturated rings. The van der Waals surface area contributed by atoms with Crippen LogP contribution in [0.2, 0.25) is 0 Å². The molecule has 3 atom stereocenters. The van der Waals surface area contributed by atoms with E-state index in [1.54, 1.807) is 6.26 Å². The zero-order chi connectivity index (χ0) is 14.7. The van der Waals surface area contributed by atoms with Gasteiger partial charge in [-0.3, -0.25) is 4.21 Å². The molecule has 2 rings (SSSR count). The summed E-state index contributed by atoms with van der Waals surface area (Å²) >= 11 is 0. The van der Waals surface area contributed by atoms with Gasteiger partial charge in [-0.1, -0.05) is 36.4 Å². The van der Waals surface area contributed by atoms with Crippen LogP contribution in [0.25, 0.3) is 10.8 Å². The fourth-order valence-electron chi connectivity index (χ4n) is 2.54. The predicted molar refractivity (Wildman–Crippen MR) is 85.6 cm³/mol. The summed E-state index contributed by atoms with van der Waals surface area (Å²) in [6, 6.07) is 11.9. The first-order valence-electron chi connectivity index (χ1n) is 6.75. The first kappa shape index (κ1) is 15.0. The van der Waals surface area contributed by atoms with Crippen LogP contribution >= 0.6 is 0 Å². The third-order valence-corrected chi connectivity index (χ3v) is 4.39. The van der Waals surface area contributed by atoms with E-state index in [0.717, 1.165) is 16.3 Å². The van der Waals surface area contributed by atoms with Crippen molar-refractivity contribution < 1.29 is 9.32 Å². The van der Waals surface area contributed by atoms with Gasteiger partial charge in [0.1, 0.15) is 5.75 Å². The van der Waals surface area contributed by atoms with Gasteiger partial charge in [-0.25, -0.2) is 0 Å². The fourth-order valence-corrected chi connectivity index (χ4v) is 3.34. The highest BCUT2D eigenvalue weighted by Gasteiger charge is 2.15. The third-order valence-electron chi connectivity index (χ3n) is 3.42. The lowest BCUT2D eigenvalue weighted by atomic mass is 10.0. The third kappa shape index (κ3) is 3.38. The van der Waals surface area contributed by atoms with Crippen LogP contribution in [-0.2, 0) is 10.8 Å². The van der Waals surface area contributed by atoms with E-state index in [1.165, 1.54) is 0 Å². The first-order valence-corrected chi connectivity index (χ1v) is 8.48. The number of fused-ring (bicyclic) bond motifs is 1. The molecule has 0 radical (unpaired) electrons. The number of hydrogen-bond acceptors (Lipinski definition) is 3. The summed E-state index contributed by atoms with van der Waals surface area (Å²) in [5, 5.41) is 15.7. The van der Waals surface area contributed by atoms with E-state index in [9.17, 15) is 9.32 Å². The second-order valence-electron chi connectivity index (χ2n) is 5.25. The Morgan fingerprint density at radius 2 is 1.90 bits per heavy atom. The SMILES string of the molecule is CC(CS(C)=O)NC(C)c1ccc2ccccc2c1O. The van der Waals surface area contributed by atoms with Crippen molar-refractivity contribution >= 4 is 21.6 Å². The van der Waals surface area contributed by atoms with E-state index >= 15 is 0 Å². The second-order valence-corrected chi connectivity index (χ2v) is 6.73. The first-order chi connectivity index (χ1) is 9.49. The van der Waals surface area contributed by atoms with Gasteiger partial charge in [-0.05, 0) is 19.2 Å². The summed E-state index contributed by atoms with van der Waals surface area (Å²) in [4.78, 5) is 0. The maximum absolute atomic E-state index is 11.2. The number of phenols is 1. The van der Waals surface area contributed by atoms with Crippen molar-refractivity contribution in [1.82, 2.24) is 5.32 Å². The van der Waals surface area contributed by atoms with Crippen molar-refractivity contribution in [2.75, 3.05) is 12.0 Å². The molecule has 0 heterocycles. The lowest BCUT2D eigenvalue weighted by molar-refractivity contribution is 0.448. The lowest BCUT2D eigenvalue weighted by Crippen LogP contribution is -2.33. The standard InChI is InChI=1S/C16H21NO2S/c1-11(10-20(3)19)17-12(2)14-9-8-13-6-4-5-7-15(13)16(14)18/h4-9,11-12,17-18H,10H2,1-3H3. The Kier molecular flexibility index (Phi) is 4.78. The molecule has 108 valence electrons. The van der Waals surface area contributed by atoms with E-state index in [1.807, 2.05) is 50.2 Å². The van der Waals surface area contributed by atoms with Crippen molar-refractivity contribution in [1.29, 1.82) is 0 Å². The summed E-state index contributed by atoms with van der Waals surface area (Å²) in [5.74, 6) is 0.937. The highest BCUT2D eigenvalue weighted by Crippen LogP contribution is 2.32. The number of hydrogen-bond donors (Lipinski definition) is 2. The van der Waals surface area contributed by atoms with E-state index in [0.29, 0.717) is 11.5 Å². The predicted octanol–water partition coefficient (Wildman–Crippen LogP) is 2.96. The molecular formula is C16H21NO2S. The molecule has 4 heteroatoms. The number of phenolic OH excluding ortho intramolecular Hbond substituents is 1. The summed E-state index contributed by atoms with van der Waals surface area (Å²) in [7, 11) is -0.821. The van der Waals surface area contributed by atoms with Gasteiger partial charge in [0, 0.05) is 45.8 Å². The van der Waals surface area contributed by atoms with Crippen LogP contribution < -0.4 is 5.32 Å². The molecule has 0 aromatic heterocycles. The maximum atomic E-state index is 11.2. The molecule has 0 bridgehead atoms. The van der Waals surface area contributed by atoms with Gasteiger partial charge in [0.2, 0.25) is 0 Å². The number of benzene rings is 2. The van der Waals surface area contributed by atoms with Crippen molar-refractivity contribution in [3.8, 4) is 5.75 Å². The van der Waals surface area contributed by atoms with Crippen LogP contribution in [0.3, 0.4) is 0 Å². The summed E-state index contributed by atoms with van der Waals surface area (Å²) in [6.45, 7) is 4.02. The van der Waals surface area contributed by atoms with Crippen LogP contribution in [0.5, 0.6) is 5.75 Å². The van der Waals surface area contributed by atoms with Gasteiger partial charge in [0.05, 0.1) is 0 Å².